The van der Waals surface area contributed by atoms with Crippen molar-refractivity contribution in [3.05, 3.63) is 48.0 Å². The Morgan fingerprint density at radius 2 is 1.67 bits per heavy atom. The average molecular weight is 414 g/mol. The third kappa shape index (κ3) is 5.21. The number of carbonyl (C=O) groups excluding carboxylic acids is 2. The molecule has 1 fully saturated rings. The smallest absolute Gasteiger partial charge is 0.339 e. The first kappa shape index (κ1) is 21.4. The number of hydrogen-bond acceptors (Lipinski definition) is 7. The molecule has 1 heterocycles. The van der Waals surface area contributed by atoms with Crippen LogP contribution < -0.4 is 19.7 Å². The van der Waals surface area contributed by atoms with Gasteiger partial charge in [-0.25, -0.2) is 4.79 Å². The Bertz CT molecular complexity index is 878. The molecule has 1 aliphatic heterocycles. The van der Waals surface area contributed by atoms with E-state index in [-0.39, 0.29) is 5.56 Å². The number of nitrogens with zero attached hydrogens (tertiary/aromatic N) is 1. The lowest BCUT2D eigenvalue weighted by molar-refractivity contribution is -0.123. The van der Waals surface area contributed by atoms with E-state index in [0.717, 1.165) is 18.8 Å². The van der Waals surface area contributed by atoms with Crippen LogP contribution in [0.2, 0.25) is 0 Å². The van der Waals surface area contributed by atoms with Gasteiger partial charge < -0.3 is 29.2 Å². The van der Waals surface area contributed by atoms with E-state index in [4.69, 9.17) is 18.9 Å². The zero-order chi connectivity index (χ0) is 21.5. The van der Waals surface area contributed by atoms with Gasteiger partial charge >= 0.3 is 5.97 Å². The van der Waals surface area contributed by atoms with Crippen LogP contribution in [0.15, 0.2) is 42.5 Å². The molecule has 0 aromatic heterocycles. The molecule has 30 heavy (non-hydrogen) atoms. The Balaban J connectivity index is 1.57. The Hall–Kier alpha value is -3.26. The number of benzene rings is 2. The molecular formula is C22H26N2O6. The SMILES string of the molecule is COc1ccc(C(=O)O[C@@H](C)C(=O)Nc2ccc(N3CCOCC3)cc2)cc1OC. The predicted octanol–water partition coefficient (Wildman–Crippen LogP) is 2.72. The fourth-order valence-electron chi connectivity index (χ4n) is 3.07. The minimum atomic E-state index is -0.968. The number of rotatable bonds is 7. The first-order chi connectivity index (χ1) is 14.5. The second kappa shape index (κ2) is 9.98. The number of carbonyl (C=O) groups is 2. The van der Waals surface area contributed by atoms with Crippen molar-refractivity contribution in [3.63, 3.8) is 0 Å². The number of amides is 1. The van der Waals surface area contributed by atoms with Crippen LogP contribution in [0.5, 0.6) is 11.5 Å². The molecule has 160 valence electrons. The lowest BCUT2D eigenvalue weighted by Crippen LogP contribution is -2.36. The maximum Gasteiger partial charge on any atom is 0.339 e. The number of hydrogen-bond donors (Lipinski definition) is 1. The first-order valence-corrected chi connectivity index (χ1v) is 9.68. The Labute approximate surface area is 175 Å². The average Bonchev–Trinajstić information content (AvgIpc) is 2.79. The van der Waals surface area contributed by atoms with E-state index in [1.165, 1.54) is 27.2 Å². The van der Waals surface area contributed by atoms with Gasteiger partial charge in [0.1, 0.15) is 0 Å². The van der Waals surface area contributed by atoms with Crippen LogP contribution in [0.3, 0.4) is 0 Å². The third-order valence-electron chi connectivity index (χ3n) is 4.78. The van der Waals surface area contributed by atoms with Gasteiger partial charge in [-0.2, -0.15) is 0 Å². The van der Waals surface area contributed by atoms with E-state index in [2.05, 4.69) is 10.2 Å². The molecule has 2 aromatic rings. The summed E-state index contributed by atoms with van der Waals surface area (Å²) in [4.78, 5) is 27.0. The van der Waals surface area contributed by atoms with Crippen LogP contribution >= 0.6 is 0 Å². The lowest BCUT2D eigenvalue weighted by atomic mass is 10.2. The zero-order valence-corrected chi connectivity index (χ0v) is 17.3. The Kier molecular flexibility index (Phi) is 7.13. The number of morpholine rings is 1. The standard InChI is InChI=1S/C22H26N2O6/c1-15(30-22(26)16-4-9-19(27-2)20(14-16)28-3)21(25)23-17-5-7-18(8-6-17)24-10-12-29-13-11-24/h4-9,14-15H,10-13H2,1-3H3,(H,23,25)/t15-/m0/s1. The van der Waals surface area contributed by atoms with Crippen LogP contribution in [0, 0.1) is 0 Å². The molecule has 0 unspecified atom stereocenters. The molecule has 8 heteroatoms. The van der Waals surface area contributed by atoms with E-state index in [9.17, 15) is 9.59 Å². The van der Waals surface area contributed by atoms with E-state index in [1.807, 2.05) is 24.3 Å². The molecule has 1 amide bonds. The highest BCUT2D eigenvalue weighted by Crippen LogP contribution is 2.28. The molecule has 3 rings (SSSR count). The van der Waals surface area contributed by atoms with Crippen molar-refractivity contribution in [2.45, 2.75) is 13.0 Å². The van der Waals surface area contributed by atoms with Crippen LogP contribution in [0.25, 0.3) is 0 Å². The summed E-state index contributed by atoms with van der Waals surface area (Å²) in [5, 5.41) is 2.77. The van der Waals surface area contributed by atoms with Crippen LogP contribution in [0.4, 0.5) is 11.4 Å². The molecule has 0 spiro atoms. The maximum absolute atomic E-state index is 12.4. The minimum absolute atomic E-state index is 0.266. The minimum Gasteiger partial charge on any atom is -0.493 e. The second-order valence-corrected chi connectivity index (χ2v) is 6.75. The van der Waals surface area contributed by atoms with Crippen molar-refractivity contribution >= 4 is 23.3 Å². The van der Waals surface area contributed by atoms with Crippen molar-refractivity contribution in [2.24, 2.45) is 0 Å². The van der Waals surface area contributed by atoms with Gasteiger partial charge in [-0.15, -0.1) is 0 Å². The number of nitrogens with one attached hydrogen (secondary N) is 1. The van der Waals surface area contributed by atoms with E-state index in [1.54, 1.807) is 12.1 Å². The molecule has 2 aromatic carbocycles. The fourth-order valence-corrected chi connectivity index (χ4v) is 3.07. The molecule has 0 bridgehead atoms. The molecule has 8 nitrogen and oxygen atoms in total. The second-order valence-electron chi connectivity index (χ2n) is 6.75. The lowest BCUT2D eigenvalue weighted by Gasteiger charge is -2.28. The fraction of sp³-hybridized carbons (Fsp3) is 0.364. The molecule has 0 saturated carbocycles. The van der Waals surface area contributed by atoms with E-state index >= 15 is 0 Å². The molecule has 1 saturated heterocycles. The Morgan fingerprint density at radius 1 is 1.00 bits per heavy atom. The summed E-state index contributed by atoms with van der Waals surface area (Å²) < 4.78 is 21.0. The summed E-state index contributed by atoms with van der Waals surface area (Å²) in [5.74, 6) is -0.131. The van der Waals surface area contributed by atoms with Crippen molar-refractivity contribution in [1.29, 1.82) is 0 Å². The van der Waals surface area contributed by atoms with Gasteiger partial charge in [-0.1, -0.05) is 0 Å². The molecule has 0 radical (unpaired) electrons. The summed E-state index contributed by atoms with van der Waals surface area (Å²) in [6.45, 7) is 4.63. The topological polar surface area (TPSA) is 86.3 Å². The highest BCUT2D eigenvalue weighted by molar-refractivity contribution is 5.97. The highest BCUT2D eigenvalue weighted by Gasteiger charge is 2.20. The molecule has 0 aliphatic carbocycles. The normalized spacial score (nSPS) is 14.6. The molecular weight excluding hydrogens is 388 g/mol. The summed E-state index contributed by atoms with van der Waals surface area (Å²) in [6, 6.07) is 12.2. The quantitative estimate of drug-likeness (QED) is 0.697. The Morgan fingerprint density at radius 3 is 2.30 bits per heavy atom. The zero-order valence-electron chi connectivity index (χ0n) is 17.3. The van der Waals surface area contributed by atoms with Gasteiger partial charge in [0, 0.05) is 24.5 Å². The highest BCUT2D eigenvalue weighted by atomic mass is 16.5. The summed E-state index contributed by atoms with van der Waals surface area (Å²) in [6.07, 6.45) is -0.968. The summed E-state index contributed by atoms with van der Waals surface area (Å²) >= 11 is 0. The van der Waals surface area contributed by atoms with Gasteiger partial charge in [0.05, 0.1) is 33.0 Å². The predicted molar refractivity (Wildman–Crippen MR) is 113 cm³/mol. The summed E-state index contributed by atoms with van der Waals surface area (Å²) in [5.41, 5.74) is 1.97. The van der Waals surface area contributed by atoms with E-state index < -0.39 is 18.0 Å². The maximum atomic E-state index is 12.4. The van der Waals surface area contributed by atoms with Crippen molar-refractivity contribution in [1.82, 2.24) is 0 Å². The molecule has 1 atom stereocenters. The first-order valence-electron chi connectivity index (χ1n) is 9.68. The number of ether oxygens (including phenoxy) is 4. The molecule has 1 N–H and O–H groups in total. The number of methoxy groups -OCH3 is 2. The van der Waals surface area contributed by atoms with Crippen molar-refractivity contribution in [3.8, 4) is 11.5 Å². The number of esters is 1. The largest absolute Gasteiger partial charge is 0.493 e. The molecule has 1 aliphatic rings. The summed E-state index contributed by atoms with van der Waals surface area (Å²) in [7, 11) is 2.99. The number of anilines is 2. The van der Waals surface area contributed by atoms with Crippen molar-refractivity contribution < 1.29 is 28.5 Å². The monoisotopic (exact) mass is 414 g/mol. The van der Waals surface area contributed by atoms with Gasteiger partial charge in [-0.3, -0.25) is 4.79 Å². The van der Waals surface area contributed by atoms with Crippen LogP contribution in [-0.2, 0) is 14.3 Å². The van der Waals surface area contributed by atoms with Crippen molar-refractivity contribution in [2.75, 3.05) is 50.7 Å². The van der Waals surface area contributed by atoms with Gasteiger partial charge in [0.25, 0.3) is 5.91 Å². The van der Waals surface area contributed by atoms with Crippen LogP contribution in [-0.4, -0.2) is 58.5 Å². The van der Waals surface area contributed by atoms with Gasteiger partial charge in [-0.05, 0) is 49.4 Å². The van der Waals surface area contributed by atoms with Gasteiger partial charge in [0.15, 0.2) is 17.6 Å². The van der Waals surface area contributed by atoms with Crippen LogP contribution in [0.1, 0.15) is 17.3 Å². The van der Waals surface area contributed by atoms with Gasteiger partial charge in [0.2, 0.25) is 0 Å². The van der Waals surface area contributed by atoms with E-state index in [0.29, 0.717) is 30.4 Å². The third-order valence-corrected chi connectivity index (χ3v) is 4.78.